The standard InChI is InChI=1S/C16H15F2N3O/c1-10-7-14-16(19-9-10)21(5-2-6-22)15(20-14)11-3-4-12(17)13(18)8-11/h3-4,7-9,22H,2,5-6H2,1H3. The minimum absolute atomic E-state index is 0.0305. The molecule has 2 aromatic heterocycles. The summed E-state index contributed by atoms with van der Waals surface area (Å²) in [6.45, 7) is 2.44. The first-order chi connectivity index (χ1) is 10.6. The van der Waals surface area contributed by atoms with Gasteiger partial charge in [-0.3, -0.25) is 0 Å². The molecule has 0 aliphatic heterocycles. The first-order valence-electron chi connectivity index (χ1n) is 6.99. The van der Waals surface area contributed by atoms with E-state index in [1.165, 1.54) is 6.07 Å². The summed E-state index contributed by atoms with van der Waals surface area (Å²) in [5.74, 6) is -1.29. The number of rotatable bonds is 4. The van der Waals surface area contributed by atoms with Crippen LogP contribution < -0.4 is 0 Å². The van der Waals surface area contributed by atoms with Gasteiger partial charge in [0, 0.05) is 24.9 Å². The summed E-state index contributed by atoms with van der Waals surface area (Å²) in [4.78, 5) is 8.87. The van der Waals surface area contributed by atoms with Crippen LogP contribution in [0, 0.1) is 18.6 Å². The molecule has 0 saturated heterocycles. The second-order valence-corrected chi connectivity index (χ2v) is 5.15. The molecule has 1 N–H and O–H groups in total. The number of hydrogen-bond acceptors (Lipinski definition) is 3. The van der Waals surface area contributed by atoms with E-state index in [0.717, 1.165) is 17.7 Å². The minimum atomic E-state index is -0.914. The first kappa shape index (κ1) is 14.6. The molecule has 22 heavy (non-hydrogen) atoms. The van der Waals surface area contributed by atoms with E-state index in [2.05, 4.69) is 9.97 Å². The van der Waals surface area contributed by atoms with Crippen LogP contribution in [0.15, 0.2) is 30.5 Å². The van der Waals surface area contributed by atoms with Crippen molar-refractivity contribution < 1.29 is 13.9 Å². The SMILES string of the molecule is Cc1cnc2c(c1)nc(-c1ccc(F)c(F)c1)n2CCCO. The number of halogens is 2. The zero-order chi connectivity index (χ0) is 15.7. The minimum Gasteiger partial charge on any atom is -0.396 e. The summed E-state index contributed by atoms with van der Waals surface area (Å²) in [5, 5.41) is 9.06. The molecule has 2 heterocycles. The molecule has 114 valence electrons. The van der Waals surface area contributed by atoms with E-state index in [-0.39, 0.29) is 6.61 Å². The Morgan fingerprint density at radius 1 is 1.18 bits per heavy atom. The Hall–Kier alpha value is -2.34. The average molecular weight is 303 g/mol. The molecule has 0 saturated carbocycles. The Morgan fingerprint density at radius 3 is 2.73 bits per heavy atom. The summed E-state index contributed by atoms with van der Waals surface area (Å²) in [6.07, 6.45) is 2.26. The van der Waals surface area contributed by atoms with Crippen molar-refractivity contribution in [3.05, 3.63) is 47.7 Å². The highest BCUT2D eigenvalue weighted by atomic mass is 19.2. The predicted molar refractivity (Wildman–Crippen MR) is 79.3 cm³/mol. The van der Waals surface area contributed by atoms with Gasteiger partial charge in [-0.05, 0) is 43.2 Å². The van der Waals surface area contributed by atoms with Gasteiger partial charge >= 0.3 is 0 Å². The number of aromatic nitrogens is 3. The van der Waals surface area contributed by atoms with Crippen LogP contribution in [0.2, 0.25) is 0 Å². The van der Waals surface area contributed by atoms with Crippen molar-refractivity contribution in [1.29, 1.82) is 0 Å². The molecule has 0 radical (unpaired) electrons. The molecule has 0 aliphatic rings. The highest BCUT2D eigenvalue weighted by Crippen LogP contribution is 2.25. The Kier molecular flexibility index (Phi) is 3.85. The molecule has 0 aliphatic carbocycles. The number of benzene rings is 1. The van der Waals surface area contributed by atoms with Gasteiger partial charge in [0.15, 0.2) is 17.3 Å². The number of aliphatic hydroxyl groups excluding tert-OH is 1. The van der Waals surface area contributed by atoms with Crippen molar-refractivity contribution in [3.63, 3.8) is 0 Å². The smallest absolute Gasteiger partial charge is 0.160 e. The van der Waals surface area contributed by atoms with E-state index in [0.29, 0.717) is 35.5 Å². The Labute approximate surface area is 126 Å². The van der Waals surface area contributed by atoms with Crippen LogP contribution in [-0.4, -0.2) is 26.2 Å². The van der Waals surface area contributed by atoms with Crippen molar-refractivity contribution in [2.24, 2.45) is 0 Å². The molecule has 0 fully saturated rings. The lowest BCUT2D eigenvalue weighted by Gasteiger charge is -2.08. The van der Waals surface area contributed by atoms with E-state index in [4.69, 9.17) is 5.11 Å². The Balaban J connectivity index is 2.19. The number of pyridine rings is 1. The molecule has 0 amide bonds. The summed E-state index contributed by atoms with van der Waals surface area (Å²) < 4.78 is 28.4. The van der Waals surface area contributed by atoms with Gasteiger partial charge in [-0.1, -0.05) is 0 Å². The topological polar surface area (TPSA) is 50.9 Å². The fraction of sp³-hybridized carbons (Fsp3) is 0.250. The maximum atomic E-state index is 13.5. The maximum absolute atomic E-state index is 13.5. The van der Waals surface area contributed by atoms with Crippen molar-refractivity contribution in [3.8, 4) is 11.4 Å². The molecule has 3 rings (SSSR count). The van der Waals surface area contributed by atoms with Gasteiger partial charge in [0.25, 0.3) is 0 Å². The molecule has 0 spiro atoms. The quantitative estimate of drug-likeness (QED) is 0.806. The highest BCUT2D eigenvalue weighted by Gasteiger charge is 2.15. The normalized spacial score (nSPS) is 11.3. The van der Waals surface area contributed by atoms with Gasteiger partial charge in [-0.25, -0.2) is 18.7 Å². The second-order valence-electron chi connectivity index (χ2n) is 5.15. The van der Waals surface area contributed by atoms with Crippen molar-refractivity contribution in [2.45, 2.75) is 19.9 Å². The summed E-state index contributed by atoms with van der Waals surface area (Å²) in [7, 11) is 0. The number of nitrogens with zero attached hydrogens (tertiary/aromatic N) is 3. The third kappa shape index (κ3) is 2.57. The molecule has 3 aromatic rings. The molecular weight excluding hydrogens is 288 g/mol. The Bertz CT molecular complexity index is 830. The molecular formula is C16H15F2N3O. The number of fused-ring (bicyclic) bond motifs is 1. The van der Waals surface area contributed by atoms with Crippen LogP contribution >= 0.6 is 0 Å². The van der Waals surface area contributed by atoms with Gasteiger partial charge in [0.05, 0.1) is 0 Å². The molecule has 0 unspecified atom stereocenters. The largest absolute Gasteiger partial charge is 0.396 e. The molecule has 6 heteroatoms. The maximum Gasteiger partial charge on any atom is 0.160 e. The van der Waals surface area contributed by atoms with E-state index in [1.54, 1.807) is 6.20 Å². The monoisotopic (exact) mass is 303 g/mol. The van der Waals surface area contributed by atoms with Crippen molar-refractivity contribution in [1.82, 2.24) is 14.5 Å². The van der Waals surface area contributed by atoms with Gasteiger partial charge in [-0.15, -0.1) is 0 Å². The summed E-state index contributed by atoms with van der Waals surface area (Å²) >= 11 is 0. The van der Waals surface area contributed by atoms with Crippen molar-refractivity contribution in [2.75, 3.05) is 6.61 Å². The van der Waals surface area contributed by atoms with Gasteiger partial charge in [0.1, 0.15) is 11.3 Å². The van der Waals surface area contributed by atoms with E-state index >= 15 is 0 Å². The van der Waals surface area contributed by atoms with Gasteiger partial charge in [0.2, 0.25) is 0 Å². The molecule has 0 atom stereocenters. The van der Waals surface area contributed by atoms with Gasteiger partial charge < -0.3 is 9.67 Å². The van der Waals surface area contributed by atoms with Crippen LogP contribution in [0.4, 0.5) is 8.78 Å². The van der Waals surface area contributed by atoms with Crippen LogP contribution in [0.5, 0.6) is 0 Å². The van der Waals surface area contributed by atoms with Crippen molar-refractivity contribution >= 4 is 11.2 Å². The average Bonchev–Trinajstić information content (AvgIpc) is 2.85. The van der Waals surface area contributed by atoms with E-state index in [1.807, 2.05) is 17.6 Å². The summed E-state index contributed by atoms with van der Waals surface area (Å²) in [6, 6.07) is 5.58. The highest BCUT2D eigenvalue weighted by molar-refractivity contribution is 5.77. The van der Waals surface area contributed by atoms with E-state index in [9.17, 15) is 8.78 Å². The third-order valence-electron chi connectivity index (χ3n) is 3.44. The summed E-state index contributed by atoms with van der Waals surface area (Å²) in [5.41, 5.74) is 2.81. The third-order valence-corrected chi connectivity index (χ3v) is 3.44. The second kappa shape index (κ2) is 5.81. The number of aliphatic hydroxyl groups is 1. The molecule has 4 nitrogen and oxygen atoms in total. The van der Waals surface area contributed by atoms with Crippen LogP contribution in [-0.2, 0) is 6.54 Å². The van der Waals surface area contributed by atoms with Crippen LogP contribution in [0.25, 0.3) is 22.6 Å². The van der Waals surface area contributed by atoms with Crippen LogP contribution in [0.3, 0.4) is 0 Å². The number of imidazole rings is 1. The van der Waals surface area contributed by atoms with Gasteiger partial charge in [-0.2, -0.15) is 0 Å². The fourth-order valence-electron chi connectivity index (χ4n) is 2.41. The molecule has 1 aromatic carbocycles. The van der Waals surface area contributed by atoms with E-state index < -0.39 is 11.6 Å². The molecule has 0 bridgehead atoms. The fourth-order valence-corrected chi connectivity index (χ4v) is 2.41. The first-order valence-corrected chi connectivity index (χ1v) is 6.99. The predicted octanol–water partition coefficient (Wildman–Crippen LogP) is 3.07. The zero-order valence-corrected chi connectivity index (χ0v) is 12.1. The zero-order valence-electron chi connectivity index (χ0n) is 12.1. The lowest BCUT2D eigenvalue weighted by atomic mass is 10.2. The van der Waals surface area contributed by atoms with Crippen LogP contribution in [0.1, 0.15) is 12.0 Å². The number of aryl methyl sites for hydroxylation is 2. The lowest BCUT2D eigenvalue weighted by molar-refractivity contribution is 0.280. The Morgan fingerprint density at radius 2 is 2.00 bits per heavy atom. The number of hydrogen-bond donors (Lipinski definition) is 1. The lowest BCUT2D eigenvalue weighted by Crippen LogP contribution is -2.04.